The topological polar surface area (TPSA) is 146 Å². The summed E-state index contributed by atoms with van der Waals surface area (Å²) in [5.41, 5.74) is 4.55. The SMILES string of the molecule is CCC/C(=N/OC(=O)CCO)c1cc([N+](=O)[O-])c2c(c1)c1cc(/C(CCC)=N/OC(=O)CC)cc(CC)c1n2CC. The average molecular weight is 567 g/mol. The third-order valence-corrected chi connectivity index (χ3v) is 6.76. The van der Waals surface area contributed by atoms with E-state index in [0.29, 0.717) is 60.1 Å². The zero-order chi connectivity index (χ0) is 30.1. The number of fused-ring (bicyclic) bond motifs is 3. The van der Waals surface area contributed by atoms with E-state index in [-0.39, 0.29) is 25.1 Å². The van der Waals surface area contributed by atoms with Crippen LogP contribution in [0.4, 0.5) is 5.69 Å². The van der Waals surface area contributed by atoms with Crippen LogP contribution in [0.2, 0.25) is 0 Å². The minimum Gasteiger partial charge on any atom is -0.396 e. The van der Waals surface area contributed by atoms with Crippen molar-refractivity contribution in [1.82, 2.24) is 4.57 Å². The van der Waals surface area contributed by atoms with Crippen molar-refractivity contribution in [2.24, 2.45) is 10.3 Å². The van der Waals surface area contributed by atoms with Gasteiger partial charge in [-0.3, -0.25) is 10.1 Å². The molecule has 0 bridgehead atoms. The number of carbonyl (C=O) groups is 2. The van der Waals surface area contributed by atoms with Crippen molar-refractivity contribution >= 4 is 50.9 Å². The predicted molar refractivity (Wildman–Crippen MR) is 158 cm³/mol. The summed E-state index contributed by atoms with van der Waals surface area (Å²) < 4.78 is 1.96. The highest BCUT2D eigenvalue weighted by atomic mass is 16.7. The molecular formula is C30H38N4O7. The molecule has 0 radical (unpaired) electrons. The highest BCUT2D eigenvalue weighted by Gasteiger charge is 2.25. The first kappa shape index (κ1) is 31.4. The van der Waals surface area contributed by atoms with Crippen LogP contribution < -0.4 is 0 Å². The van der Waals surface area contributed by atoms with Gasteiger partial charge < -0.3 is 19.3 Å². The molecule has 0 aliphatic rings. The van der Waals surface area contributed by atoms with Crippen molar-refractivity contribution in [2.45, 2.75) is 86.1 Å². The Hall–Kier alpha value is -4.12. The van der Waals surface area contributed by atoms with Crippen molar-refractivity contribution < 1.29 is 29.3 Å². The number of hydrogen-bond acceptors (Lipinski definition) is 9. The summed E-state index contributed by atoms with van der Waals surface area (Å²) in [6.07, 6.45) is 3.10. The van der Waals surface area contributed by atoms with Gasteiger partial charge in [-0.25, -0.2) is 9.59 Å². The van der Waals surface area contributed by atoms with Gasteiger partial charge in [0.15, 0.2) is 0 Å². The molecular weight excluding hydrogens is 528 g/mol. The van der Waals surface area contributed by atoms with E-state index < -0.39 is 16.9 Å². The summed E-state index contributed by atoms with van der Waals surface area (Å²) in [6, 6.07) is 7.28. The number of nitrogens with zero attached hydrogens (tertiary/aromatic N) is 4. The molecule has 1 N–H and O–H groups in total. The van der Waals surface area contributed by atoms with E-state index in [4.69, 9.17) is 14.8 Å². The van der Waals surface area contributed by atoms with E-state index in [1.54, 1.807) is 6.92 Å². The molecule has 11 nitrogen and oxygen atoms in total. The number of aromatic nitrogens is 1. The lowest BCUT2D eigenvalue weighted by atomic mass is 9.97. The van der Waals surface area contributed by atoms with Crippen LogP contribution in [0.3, 0.4) is 0 Å². The van der Waals surface area contributed by atoms with E-state index in [9.17, 15) is 19.7 Å². The smallest absolute Gasteiger partial charge is 0.337 e. The molecule has 0 spiro atoms. The minimum atomic E-state index is -0.692. The lowest BCUT2D eigenvalue weighted by molar-refractivity contribution is -0.383. The molecule has 11 heteroatoms. The van der Waals surface area contributed by atoms with Gasteiger partial charge in [-0.1, -0.05) is 50.8 Å². The largest absolute Gasteiger partial charge is 0.396 e. The second-order valence-corrected chi connectivity index (χ2v) is 9.61. The van der Waals surface area contributed by atoms with Gasteiger partial charge in [0.1, 0.15) is 5.52 Å². The quantitative estimate of drug-likeness (QED) is 0.106. The number of carbonyl (C=O) groups excluding carboxylic acids is 2. The standard InChI is InChI=1S/C30H38N4O7/c1-6-11-24(31-40-27(36)9-4)20-15-19(8-3)29-22(16-20)23-17-21(18-26(34(38)39)30(23)33(29)10-5)25(12-7-2)32-41-28(37)13-14-35/h15-18,35H,6-14H2,1-5H3/b31-24+,32-25-. The van der Waals surface area contributed by atoms with Crippen LogP contribution in [0.5, 0.6) is 0 Å². The fourth-order valence-corrected chi connectivity index (χ4v) is 4.87. The lowest BCUT2D eigenvalue weighted by Crippen LogP contribution is -2.08. The molecule has 1 heterocycles. The van der Waals surface area contributed by atoms with Crippen LogP contribution in [-0.2, 0) is 32.2 Å². The number of nitro benzene ring substituents is 1. The monoisotopic (exact) mass is 566 g/mol. The molecule has 0 unspecified atom stereocenters. The zero-order valence-corrected chi connectivity index (χ0v) is 24.4. The van der Waals surface area contributed by atoms with Crippen molar-refractivity contribution in [3.8, 4) is 0 Å². The second kappa shape index (κ2) is 14.5. The normalized spacial score (nSPS) is 12.2. The molecule has 0 atom stereocenters. The number of aryl methyl sites for hydroxylation is 2. The Morgan fingerprint density at radius 2 is 1.41 bits per heavy atom. The summed E-state index contributed by atoms with van der Waals surface area (Å²) >= 11 is 0. The van der Waals surface area contributed by atoms with Gasteiger partial charge in [0.25, 0.3) is 5.69 Å². The number of aliphatic hydroxyl groups is 1. The first-order valence-electron chi connectivity index (χ1n) is 14.2. The van der Waals surface area contributed by atoms with Crippen LogP contribution >= 0.6 is 0 Å². The lowest BCUT2D eigenvalue weighted by Gasteiger charge is -2.11. The van der Waals surface area contributed by atoms with Crippen molar-refractivity contribution in [2.75, 3.05) is 6.61 Å². The summed E-state index contributed by atoms with van der Waals surface area (Å²) in [6.45, 7) is 9.75. The summed E-state index contributed by atoms with van der Waals surface area (Å²) in [4.78, 5) is 45.9. The number of rotatable bonds is 14. The highest BCUT2D eigenvalue weighted by molar-refractivity contribution is 6.17. The maximum absolute atomic E-state index is 12.4. The molecule has 3 aromatic rings. The Balaban J connectivity index is 2.40. The van der Waals surface area contributed by atoms with E-state index in [1.165, 1.54) is 6.07 Å². The third-order valence-electron chi connectivity index (χ3n) is 6.76. The van der Waals surface area contributed by atoms with Crippen LogP contribution in [0, 0.1) is 10.1 Å². The molecule has 1 aromatic heterocycles. The van der Waals surface area contributed by atoms with Gasteiger partial charge in [0.05, 0.1) is 34.9 Å². The molecule has 0 aliphatic carbocycles. The Morgan fingerprint density at radius 3 is 1.90 bits per heavy atom. The number of nitro groups is 1. The van der Waals surface area contributed by atoms with E-state index in [0.717, 1.165) is 28.5 Å². The maximum Gasteiger partial charge on any atom is 0.337 e. The summed E-state index contributed by atoms with van der Waals surface area (Å²) in [7, 11) is 0. The van der Waals surface area contributed by atoms with E-state index in [1.807, 2.05) is 50.5 Å². The van der Waals surface area contributed by atoms with Gasteiger partial charge in [-0.05, 0) is 49.9 Å². The third kappa shape index (κ3) is 6.97. The van der Waals surface area contributed by atoms with Gasteiger partial charge in [-0.15, -0.1) is 0 Å². The van der Waals surface area contributed by atoms with Crippen molar-refractivity contribution in [1.29, 1.82) is 0 Å². The Kier molecular flexibility index (Phi) is 11.1. The fourth-order valence-electron chi connectivity index (χ4n) is 4.87. The number of benzene rings is 2. The zero-order valence-electron chi connectivity index (χ0n) is 24.4. The molecule has 0 fully saturated rings. The highest BCUT2D eigenvalue weighted by Crippen LogP contribution is 2.39. The number of oxime groups is 2. The van der Waals surface area contributed by atoms with Crippen LogP contribution in [-0.4, -0.2) is 44.6 Å². The number of aliphatic hydroxyl groups excluding tert-OH is 1. The summed E-state index contributed by atoms with van der Waals surface area (Å²) in [5.74, 6) is -1.12. The van der Waals surface area contributed by atoms with E-state index in [2.05, 4.69) is 10.3 Å². The van der Waals surface area contributed by atoms with Crippen LogP contribution in [0.25, 0.3) is 21.8 Å². The minimum absolute atomic E-state index is 0.0797. The van der Waals surface area contributed by atoms with Crippen molar-refractivity contribution in [3.05, 3.63) is 51.1 Å². The van der Waals surface area contributed by atoms with Gasteiger partial charge >= 0.3 is 11.9 Å². The molecule has 0 saturated carbocycles. The fraction of sp³-hybridized carbons (Fsp3) is 0.467. The predicted octanol–water partition coefficient (Wildman–Crippen LogP) is 6.17. The van der Waals surface area contributed by atoms with E-state index >= 15 is 0 Å². The molecule has 220 valence electrons. The first-order valence-corrected chi connectivity index (χ1v) is 14.2. The maximum atomic E-state index is 12.4. The molecule has 0 aliphatic heterocycles. The second-order valence-electron chi connectivity index (χ2n) is 9.61. The van der Waals surface area contributed by atoms with Gasteiger partial charge in [0, 0.05) is 40.9 Å². The summed E-state index contributed by atoms with van der Waals surface area (Å²) in [5, 5.41) is 31.1. The van der Waals surface area contributed by atoms with Crippen LogP contribution in [0.15, 0.2) is 34.6 Å². The van der Waals surface area contributed by atoms with Crippen LogP contribution in [0.1, 0.15) is 89.8 Å². The molecule has 41 heavy (non-hydrogen) atoms. The number of non-ortho nitro benzene ring substituents is 1. The molecule has 0 amide bonds. The van der Waals surface area contributed by atoms with Crippen molar-refractivity contribution in [3.63, 3.8) is 0 Å². The molecule has 0 saturated heterocycles. The number of hydrogen-bond donors (Lipinski definition) is 1. The Morgan fingerprint density at radius 1 is 0.854 bits per heavy atom. The first-order chi connectivity index (χ1) is 19.7. The van der Waals surface area contributed by atoms with Gasteiger partial charge in [0.2, 0.25) is 0 Å². The van der Waals surface area contributed by atoms with Gasteiger partial charge in [-0.2, -0.15) is 0 Å². The molecule has 2 aromatic carbocycles. The Labute approximate surface area is 238 Å². The average Bonchev–Trinajstić information content (AvgIpc) is 3.29. The Bertz CT molecular complexity index is 1500. The molecule has 3 rings (SSSR count).